The van der Waals surface area contributed by atoms with Crippen LogP contribution >= 0.6 is 11.3 Å². The smallest absolute Gasteiger partial charge is 0.310 e. The summed E-state index contributed by atoms with van der Waals surface area (Å²) in [5.41, 5.74) is -0.143. The average Bonchev–Trinajstić information content (AvgIpc) is 3.22. The van der Waals surface area contributed by atoms with Gasteiger partial charge >= 0.3 is 5.69 Å². The van der Waals surface area contributed by atoms with Crippen LogP contribution in [0.5, 0.6) is 5.75 Å². The zero-order valence-electron chi connectivity index (χ0n) is 15.0. The molecule has 0 radical (unpaired) electrons. The fourth-order valence-corrected chi connectivity index (χ4v) is 4.12. The van der Waals surface area contributed by atoms with Crippen molar-refractivity contribution >= 4 is 22.9 Å². The van der Waals surface area contributed by atoms with E-state index < -0.39 is 4.92 Å². The second-order valence-electron chi connectivity index (χ2n) is 6.45. The number of ether oxygens (including phenoxy) is 1. The van der Waals surface area contributed by atoms with Crippen molar-refractivity contribution in [2.75, 3.05) is 26.2 Å². The van der Waals surface area contributed by atoms with Crippen LogP contribution in [0.4, 0.5) is 5.69 Å². The Bertz CT molecular complexity index is 760. The van der Waals surface area contributed by atoms with E-state index in [1.165, 1.54) is 36.3 Å². The molecule has 2 heterocycles. The van der Waals surface area contributed by atoms with Crippen LogP contribution in [0, 0.1) is 10.1 Å². The van der Waals surface area contributed by atoms with E-state index in [4.69, 9.17) is 4.74 Å². The summed E-state index contributed by atoms with van der Waals surface area (Å²) < 4.78 is 5.36. The summed E-state index contributed by atoms with van der Waals surface area (Å²) in [7, 11) is 0. The van der Waals surface area contributed by atoms with Crippen molar-refractivity contribution in [2.24, 2.45) is 0 Å². The lowest BCUT2D eigenvalue weighted by molar-refractivity contribution is -0.385. The molecule has 1 aliphatic rings. The van der Waals surface area contributed by atoms with E-state index in [-0.39, 0.29) is 30.0 Å². The molecule has 1 amide bonds. The Morgan fingerprint density at radius 3 is 2.70 bits per heavy atom. The third-order valence-electron chi connectivity index (χ3n) is 4.62. The normalized spacial score (nSPS) is 15.9. The molecule has 144 valence electrons. The Kier molecular flexibility index (Phi) is 6.78. The Morgan fingerprint density at radius 1 is 1.22 bits per heavy atom. The van der Waals surface area contributed by atoms with Crippen molar-refractivity contribution in [3.05, 3.63) is 56.8 Å². The molecule has 8 heteroatoms. The third-order valence-corrected chi connectivity index (χ3v) is 5.59. The number of piperidine rings is 1. The summed E-state index contributed by atoms with van der Waals surface area (Å²) >= 11 is 1.69. The second-order valence-corrected chi connectivity index (χ2v) is 7.42. The summed E-state index contributed by atoms with van der Waals surface area (Å²) in [6.45, 7) is 2.32. The summed E-state index contributed by atoms with van der Waals surface area (Å²) in [6.07, 6.45) is 3.61. The second kappa shape index (κ2) is 9.48. The number of carbonyl (C=O) groups is 1. The quantitative estimate of drug-likeness (QED) is 0.553. The van der Waals surface area contributed by atoms with Gasteiger partial charge in [-0.25, -0.2) is 0 Å². The summed E-state index contributed by atoms with van der Waals surface area (Å²) in [4.78, 5) is 26.4. The molecule has 0 aliphatic carbocycles. The molecule has 1 fully saturated rings. The summed E-state index contributed by atoms with van der Waals surface area (Å²) in [5.74, 6) is -0.185. The molecule has 27 heavy (non-hydrogen) atoms. The number of hydrogen-bond donors (Lipinski definition) is 1. The number of nitrogens with one attached hydrogen (secondary N) is 1. The van der Waals surface area contributed by atoms with Gasteiger partial charge in [0, 0.05) is 17.5 Å². The van der Waals surface area contributed by atoms with E-state index in [0.29, 0.717) is 6.54 Å². The maximum absolute atomic E-state index is 12.2. The van der Waals surface area contributed by atoms with Crippen LogP contribution in [0.1, 0.15) is 30.2 Å². The van der Waals surface area contributed by atoms with Gasteiger partial charge in [0.1, 0.15) is 0 Å². The number of hydrogen-bond acceptors (Lipinski definition) is 6. The van der Waals surface area contributed by atoms with E-state index >= 15 is 0 Å². The predicted octanol–water partition coefficient (Wildman–Crippen LogP) is 3.38. The fraction of sp³-hybridized carbons (Fsp3) is 0.421. The first-order valence-corrected chi connectivity index (χ1v) is 9.93. The lowest BCUT2D eigenvalue weighted by atomic mass is 10.1. The number of nitro groups is 1. The Hall–Kier alpha value is -2.45. The third kappa shape index (κ3) is 5.27. The van der Waals surface area contributed by atoms with E-state index in [0.717, 1.165) is 13.1 Å². The first-order chi connectivity index (χ1) is 13.1. The van der Waals surface area contributed by atoms with Gasteiger partial charge in [0.25, 0.3) is 5.91 Å². The number of benzene rings is 1. The highest BCUT2D eigenvalue weighted by atomic mass is 32.1. The van der Waals surface area contributed by atoms with Crippen LogP contribution in [-0.2, 0) is 4.79 Å². The number of nitrogens with zero attached hydrogens (tertiary/aromatic N) is 2. The topological polar surface area (TPSA) is 84.7 Å². The summed E-state index contributed by atoms with van der Waals surface area (Å²) in [6, 6.07) is 10.3. The van der Waals surface area contributed by atoms with Gasteiger partial charge in [0.05, 0.1) is 11.0 Å². The van der Waals surface area contributed by atoms with Gasteiger partial charge in [-0.2, -0.15) is 0 Å². The molecule has 0 bridgehead atoms. The van der Waals surface area contributed by atoms with Crippen LogP contribution in [-0.4, -0.2) is 42.0 Å². The number of para-hydroxylation sites is 2. The van der Waals surface area contributed by atoms with Gasteiger partial charge in [0.15, 0.2) is 12.4 Å². The molecular formula is C19H23N3O4S. The highest BCUT2D eigenvalue weighted by molar-refractivity contribution is 7.10. The minimum Gasteiger partial charge on any atom is -0.477 e. The molecule has 1 atom stereocenters. The molecule has 0 spiro atoms. The van der Waals surface area contributed by atoms with Gasteiger partial charge in [-0.3, -0.25) is 19.8 Å². The molecule has 1 aromatic heterocycles. The zero-order valence-corrected chi connectivity index (χ0v) is 15.8. The van der Waals surface area contributed by atoms with E-state index in [1.807, 2.05) is 11.4 Å². The lowest BCUT2D eigenvalue weighted by Crippen LogP contribution is -2.41. The standard InChI is InChI=1S/C19H23N3O4S/c23-19(14-26-17-8-3-2-7-15(17)22(24)25)20-13-16(18-9-6-12-27-18)21-10-4-1-5-11-21/h2-3,6-9,12,16H,1,4-5,10-11,13-14H2,(H,20,23). The minimum atomic E-state index is -0.517. The van der Waals surface area contributed by atoms with Crippen molar-refractivity contribution in [1.82, 2.24) is 10.2 Å². The SMILES string of the molecule is O=C(COc1ccccc1[N+](=O)[O-])NCC(c1cccs1)N1CCCCC1. The Balaban J connectivity index is 1.56. The van der Waals surface area contributed by atoms with Crippen LogP contribution in [0.25, 0.3) is 0 Å². The van der Waals surface area contributed by atoms with Crippen LogP contribution in [0.3, 0.4) is 0 Å². The van der Waals surface area contributed by atoms with E-state index in [2.05, 4.69) is 16.3 Å². The largest absolute Gasteiger partial charge is 0.477 e. The number of amides is 1. The molecule has 0 saturated carbocycles. The van der Waals surface area contributed by atoms with Gasteiger partial charge in [-0.05, 0) is 43.4 Å². The van der Waals surface area contributed by atoms with Crippen molar-refractivity contribution in [2.45, 2.75) is 25.3 Å². The Labute approximate surface area is 162 Å². The van der Waals surface area contributed by atoms with Gasteiger partial charge in [0.2, 0.25) is 0 Å². The molecule has 1 unspecified atom stereocenters. The monoisotopic (exact) mass is 389 g/mol. The van der Waals surface area contributed by atoms with E-state index in [9.17, 15) is 14.9 Å². The highest BCUT2D eigenvalue weighted by Crippen LogP contribution is 2.28. The number of rotatable bonds is 8. The zero-order chi connectivity index (χ0) is 19.1. The first kappa shape index (κ1) is 19.3. The average molecular weight is 389 g/mol. The fourth-order valence-electron chi connectivity index (χ4n) is 3.26. The highest BCUT2D eigenvalue weighted by Gasteiger charge is 2.24. The number of likely N-dealkylation sites (tertiary alicyclic amines) is 1. The van der Waals surface area contributed by atoms with Crippen LogP contribution in [0.2, 0.25) is 0 Å². The van der Waals surface area contributed by atoms with Crippen molar-refractivity contribution in [3.8, 4) is 5.75 Å². The molecule has 1 saturated heterocycles. The van der Waals surface area contributed by atoms with Crippen molar-refractivity contribution in [1.29, 1.82) is 0 Å². The number of nitro benzene ring substituents is 1. The summed E-state index contributed by atoms with van der Waals surface area (Å²) in [5, 5.41) is 16.0. The number of thiophene rings is 1. The molecule has 1 N–H and O–H groups in total. The molecule has 3 rings (SSSR count). The van der Waals surface area contributed by atoms with Crippen molar-refractivity contribution < 1.29 is 14.5 Å². The van der Waals surface area contributed by atoms with Gasteiger partial charge in [-0.15, -0.1) is 11.3 Å². The molecule has 2 aromatic rings. The van der Waals surface area contributed by atoms with Crippen molar-refractivity contribution in [3.63, 3.8) is 0 Å². The molecule has 1 aliphatic heterocycles. The maximum Gasteiger partial charge on any atom is 0.310 e. The predicted molar refractivity (Wildman–Crippen MR) is 104 cm³/mol. The van der Waals surface area contributed by atoms with Crippen LogP contribution < -0.4 is 10.1 Å². The molecule has 1 aromatic carbocycles. The molecular weight excluding hydrogens is 366 g/mol. The maximum atomic E-state index is 12.2. The van der Waals surface area contributed by atoms with Gasteiger partial charge in [-0.1, -0.05) is 24.6 Å². The lowest BCUT2D eigenvalue weighted by Gasteiger charge is -2.34. The molecule has 7 nitrogen and oxygen atoms in total. The van der Waals surface area contributed by atoms with Gasteiger partial charge < -0.3 is 10.1 Å². The Morgan fingerprint density at radius 2 is 2.00 bits per heavy atom. The first-order valence-electron chi connectivity index (χ1n) is 9.05. The minimum absolute atomic E-state index is 0.100. The number of carbonyl (C=O) groups excluding carboxylic acids is 1. The van der Waals surface area contributed by atoms with Crippen LogP contribution in [0.15, 0.2) is 41.8 Å². The van der Waals surface area contributed by atoms with E-state index in [1.54, 1.807) is 23.5 Å².